The Balaban J connectivity index is 1.81. The van der Waals surface area contributed by atoms with Crippen LogP contribution in [-0.4, -0.2) is 29.7 Å². The molecule has 1 aromatic carbocycles. The molecule has 0 radical (unpaired) electrons. The summed E-state index contributed by atoms with van der Waals surface area (Å²) in [6, 6.07) is 11.6. The second kappa shape index (κ2) is 7.64. The predicted octanol–water partition coefficient (Wildman–Crippen LogP) is 4.39. The van der Waals surface area contributed by atoms with Gasteiger partial charge in [0.1, 0.15) is 5.65 Å². The number of rotatable bonds is 4. The van der Waals surface area contributed by atoms with Gasteiger partial charge in [-0.15, -0.1) is 0 Å². The molecule has 0 saturated carbocycles. The van der Waals surface area contributed by atoms with Gasteiger partial charge in [0, 0.05) is 28.9 Å². The number of allylic oxidation sites excluding steroid dienone is 4. The number of fused-ring (bicyclic) bond motifs is 1. The number of benzene rings is 1. The highest BCUT2D eigenvalue weighted by Crippen LogP contribution is 2.36. The molecule has 0 spiro atoms. The second-order valence-electron chi connectivity index (χ2n) is 6.65. The zero-order valence-electron chi connectivity index (χ0n) is 16.1. The first-order valence-electron chi connectivity index (χ1n) is 9.17. The summed E-state index contributed by atoms with van der Waals surface area (Å²) in [6.07, 6.45) is 9.28. The van der Waals surface area contributed by atoms with E-state index in [0.29, 0.717) is 29.1 Å². The van der Waals surface area contributed by atoms with E-state index in [9.17, 15) is 4.79 Å². The lowest BCUT2D eigenvalue weighted by molar-refractivity contribution is 0.0963. The molecule has 2 heterocycles. The maximum atomic E-state index is 13.2. The van der Waals surface area contributed by atoms with Gasteiger partial charge >= 0.3 is 0 Å². The first-order valence-corrected chi connectivity index (χ1v) is 9.17. The fraction of sp³-hybridized carbons (Fsp3) is 0.174. The van der Waals surface area contributed by atoms with Crippen LogP contribution in [0.25, 0.3) is 22.2 Å². The molecule has 1 unspecified atom stereocenters. The Morgan fingerprint density at radius 1 is 1.24 bits per heavy atom. The van der Waals surface area contributed by atoms with Crippen LogP contribution in [0.15, 0.2) is 66.5 Å². The minimum atomic E-state index is -0.187. The molecule has 6 nitrogen and oxygen atoms in total. The van der Waals surface area contributed by atoms with Crippen molar-refractivity contribution in [2.24, 2.45) is 5.92 Å². The van der Waals surface area contributed by atoms with Crippen molar-refractivity contribution in [2.75, 3.05) is 14.2 Å². The molecule has 0 aliphatic heterocycles. The van der Waals surface area contributed by atoms with Crippen molar-refractivity contribution in [3.05, 3.63) is 66.5 Å². The minimum absolute atomic E-state index is 0.173. The number of methoxy groups -OCH3 is 2. The van der Waals surface area contributed by atoms with Crippen LogP contribution in [0.5, 0.6) is 11.5 Å². The van der Waals surface area contributed by atoms with Gasteiger partial charge in [-0.2, -0.15) is 5.26 Å². The molecule has 0 amide bonds. The van der Waals surface area contributed by atoms with Gasteiger partial charge in [0.25, 0.3) is 5.91 Å². The highest BCUT2D eigenvalue weighted by molar-refractivity contribution is 6.06. The van der Waals surface area contributed by atoms with Gasteiger partial charge in [0.15, 0.2) is 11.5 Å². The third-order valence-electron chi connectivity index (χ3n) is 4.99. The van der Waals surface area contributed by atoms with Gasteiger partial charge in [-0.05, 0) is 36.2 Å². The molecule has 6 heteroatoms. The molecule has 1 aliphatic carbocycles. The van der Waals surface area contributed by atoms with E-state index < -0.39 is 0 Å². The number of hydrogen-bond donors (Lipinski definition) is 0. The molecule has 0 saturated heterocycles. The van der Waals surface area contributed by atoms with E-state index in [1.807, 2.05) is 30.3 Å². The van der Waals surface area contributed by atoms with Crippen molar-refractivity contribution >= 4 is 16.9 Å². The Bertz CT molecular complexity index is 1200. The molecule has 29 heavy (non-hydrogen) atoms. The van der Waals surface area contributed by atoms with Crippen LogP contribution in [0.4, 0.5) is 0 Å². The van der Waals surface area contributed by atoms with E-state index in [0.717, 1.165) is 16.5 Å². The standard InChI is InChI=1S/C23H19N3O3/c1-28-20-10-9-17(12-21(20)29-2)19-14-26(22-18(19)4-3-11-25-22)23(27)16-7-5-15(13-24)6-8-16/h3-5,7-12,14-15H,6H2,1-2H3. The van der Waals surface area contributed by atoms with E-state index >= 15 is 0 Å². The lowest BCUT2D eigenvalue weighted by atomic mass is 9.98. The number of carbonyl (C=O) groups excluding carboxylic acids is 1. The maximum absolute atomic E-state index is 13.2. The lowest BCUT2D eigenvalue weighted by Crippen LogP contribution is -2.14. The maximum Gasteiger partial charge on any atom is 0.263 e. The van der Waals surface area contributed by atoms with Crippen LogP contribution < -0.4 is 9.47 Å². The molecule has 0 bridgehead atoms. The molecule has 2 aromatic heterocycles. The fourth-order valence-electron chi connectivity index (χ4n) is 3.46. The van der Waals surface area contributed by atoms with Crippen molar-refractivity contribution in [3.63, 3.8) is 0 Å². The van der Waals surface area contributed by atoms with E-state index in [1.165, 1.54) is 0 Å². The Kier molecular flexibility index (Phi) is 4.88. The second-order valence-corrected chi connectivity index (χ2v) is 6.65. The smallest absolute Gasteiger partial charge is 0.263 e. The SMILES string of the molecule is COc1ccc(-c2cn(C(=O)C3=CCC(C#N)C=C3)c3ncccc23)cc1OC. The van der Waals surface area contributed by atoms with E-state index in [-0.39, 0.29) is 11.8 Å². The highest BCUT2D eigenvalue weighted by Gasteiger charge is 2.20. The number of ether oxygens (including phenoxy) is 2. The predicted molar refractivity (Wildman–Crippen MR) is 110 cm³/mol. The Morgan fingerprint density at radius 3 is 2.76 bits per heavy atom. The Hall–Kier alpha value is -3.85. The average Bonchev–Trinajstić information content (AvgIpc) is 3.18. The number of carbonyl (C=O) groups is 1. The molecule has 4 rings (SSSR count). The van der Waals surface area contributed by atoms with Crippen molar-refractivity contribution in [2.45, 2.75) is 6.42 Å². The molecule has 144 valence electrons. The zero-order valence-corrected chi connectivity index (χ0v) is 16.1. The third kappa shape index (κ3) is 3.27. The summed E-state index contributed by atoms with van der Waals surface area (Å²) >= 11 is 0. The van der Waals surface area contributed by atoms with Crippen LogP contribution >= 0.6 is 0 Å². The van der Waals surface area contributed by atoms with Gasteiger partial charge in [-0.1, -0.05) is 24.3 Å². The van der Waals surface area contributed by atoms with Gasteiger partial charge in [0.2, 0.25) is 0 Å². The summed E-state index contributed by atoms with van der Waals surface area (Å²) < 4.78 is 12.3. The van der Waals surface area contributed by atoms with Crippen LogP contribution in [0, 0.1) is 17.2 Å². The van der Waals surface area contributed by atoms with Crippen molar-refractivity contribution in [1.82, 2.24) is 9.55 Å². The number of nitriles is 1. The molecule has 1 aliphatic rings. The normalized spacial score (nSPS) is 15.6. The first kappa shape index (κ1) is 18.5. The number of pyridine rings is 1. The largest absolute Gasteiger partial charge is 0.493 e. The lowest BCUT2D eigenvalue weighted by Gasteiger charge is -2.10. The van der Waals surface area contributed by atoms with Crippen LogP contribution in [0.1, 0.15) is 11.2 Å². The van der Waals surface area contributed by atoms with Crippen LogP contribution in [0.2, 0.25) is 0 Å². The molecular formula is C23H19N3O3. The van der Waals surface area contributed by atoms with Crippen LogP contribution in [-0.2, 0) is 0 Å². The van der Waals surface area contributed by atoms with Gasteiger partial charge < -0.3 is 9.47 Å². The summed E-state index contributed by atoms with van der Waals surface area (Å²) in [7, 11) is 3.18. The summed E-state index contributed by atoms with van der Waals surface area (Å²) in [5.74, 6) is 0.891. The highest BCUT2D eigenvalue weighted by atomic mass is 16.5. The molecular weight excluding hydrogens is 366 g/mol. The number of aromatic nitrogens is 2. The minimum Gasteiger partial charge on any atom is -0.493 e. The quantitative estimate of drug-likeness (QED) is 0.666. The van der Waals surface area contributed by atoms with E-state index in [1.54, 1.807) is 49.4 Å². The van der Waals surface area contributed by atoms with E-state index in [4.69, 9.17) is 14.7 Å². The summed E-state index contributed by atoms with van der Waals surface area (Å²) in [5, 5.41) is 9.90. The molecule has 3 aromatic rings. The van der Waals surface area contributed by atoms with Gasteiger partial charge in [-0.3, -0.25) is 9.36 Å². The topological polar surface area (TPSA) is 77.1 Å². The van der Waals surface area contributed by atoms with Gasteiger partial charge in [0.05, 0.1) is 26.2 Å². The monoisotopic (exact) mass is 385 g/mol. The molecule has 0 N–H and O–H groups in total. The van der Waals surface area contributed by atoms with Crippen LogP contribution in [0.3, 0.4) is 0 Å². The van der Waals surface area contributed by atoms with Crippen molar-refractivity contribution < 1.29 is 14.3 Å². The Morgan fingerprint density at radius 2 is 2.07 bits per heavy atom. The summed E-state index contributed by atoms with van der Waals surface area (Å²) in [5.41, 5.74) is 2.90. The molecule has 0 fully saturated rings. The molecule has 1 atom stereocenters. The van der Waals surface area contributed by atoms with Crippen molar-refractivity contribution in [3.8, 4) is 28.7 Å². The van der Waals surface area contributed by atoms with Crippen molar-refractivity contribution in [1.29, 1.82) is 5.26 Å². The summed E-state index contributed by atoms with van der Waals surface area (Å²) in [4.78, 5) is 17.6. The number of hydrogen-bond acceptors (Lipinski definition) is 5. The zero-order chi connectivity index (χ0) is 20.4. The Labute approximate surface area is 168 Å². The first-order chi connectivity index (χ1) is 14.2. The third-order valence-corrected chi connectivity index (χ3v) is 4.99. The summed E-state index contributed by atoms with van der Waals surface area (Å²) in [6.45, 7) is 0. The van der Waals surface area contributed by atoms with Gasteiger partial charge in [-0.25, -0.2) is 4.98 Å². The van der Waals surface area contributed by atoms with E-state index in [2.05, 4.69) is 11.1 Å². The average molecular weight is 385 g/mol. The number of nitrogens with zero attached hydrogens (tertiary/aromatic N) is 3. The fourth-order valence-corrected chi connectivity index (χ4v) is 3.46.